The maximum atomic E-state index is 13.6. The first-order valence-electron chi connectivity index (χ1n) is 19.2. The number of aliphatic hydroxyl groups is 4. The maximum absolute atomic E-state index is 13.6. The highest BCUT2D eigenvalue weighted by Gasteiger charge is 2.53. The van der Waals surface area contributed by atoms with Crippen LogP contribution in [0, 0.1) is 0 Å². The number of phosphoric acid groups is 2. The minimum atomic E-state index is -5.48. The van der Waals surface area contributed by atoms with Gasteiger partial charge in [0.1, 0.15) is 78.6 Å². The molecule has 3 fully saturated rings. The van der Waals surface area contributed by atoms with Gasteiger partial charge < -0.3 is 61.6 Å². The lowest BCUT2D eigenvalue weighted by molar-refractivity contribution is -0.0612. The van der Waals surface area contributed by atoms with E-state index in [1.54, 1.807) is 0 Å². The number of phosphoric ester groups is 2. The molecule has 0 amide bonds. The number of aromatic amines is 1. The Kier molecular flexibility index (Phi) is 12.5. The molecule has 3 aliphatic rings. The molecule has 9 heterocycles. The van der Waals surface area contributed by atoms with Gasteiger partial charge in [0, 0.05) is 0 Å². The standard InChI is InChI=1S/C30H36N15O19P3/c31-21-12-23(36-4-34-21)43(6-38-12)27-16(47)15(46)9(60-27)2-58-66(53,54)64-20-11(62-28(18(20)49)44-7-39-13-22(32)35-5-37-24(13)44)3-59-67(55,56)63-19-10(1-57-65(51)52)61-29(17(19)48)45-8-40-14-25(45)41-30(33)42-26(14)50/h4-11,15-20,27-29,46-49H,1-3H2,(H,53,54)(H,55,56)(H2,31,34,36)(H2,32,35,37)(H3,33,41,42,50)/t9-,10-,11-,15-,16-,17-,18-,19-,20-,27-,28-,29-/m1/s1. The van der Waals surface area contributed by atoms with Crippen molar-refractivity contribution in [3.05, 3.63) is 42.0 Å². The van der Waals surface area contributed by atoms with Crippen LogP contribution in [0.1, 0.15) is 18.7 Å². The molecule has 0 saturated carbocycles. The van der Waals surface area contributed by atoms with Crippen LogP contribution in [0.3, 0.4) is 0 Å². The Morgan fingerprint density at radius 1 is 0.627 bits per heavy atom. The third kappa shape index (κ3) is 8.95. The van der Waals surface area contributed by atoms with Crippen molar-refractivity contribution in [2.45, 2.75) is 73.6 Å². The molecule has 6 aromatic heterocycles. The van der Waals surface area contributed by atoms with E-state index in [0.717, 1.165) is 34.4 Å². The van der Waals surface area contributed by atoms with E-state index in [1.165, 1.54) is 10.9 Å². The van der Waals surface area contributed by atoms with Gasteiger partial charge >= 0.3 is 23.6 Å². The predicted octanol–water partition coefficient (Wildman–Crippen LogP) is -3.21. The topological polar surface area (TPSA) is 492 Å². The number of nitrogens with two attached hydrogens (primary N) is 3. The van der Waals surface area contributed by atoms with E-state index in [0.29, 0.717) is 0 Å². The summed E-state index contributed by atoms with van der Waals surface area (Å²) in [4.78, 5) is 68.5. The van der Waals surface area contributed by atoms with Gasteiger partial charge in [-0.2, -0.15) is 4.98 Å². The molecular formula is C30H36N15O19P3. The lowest BCUT2D eigenvalue weighted by atomic mass is 10.1. The molecule has 0 bridgehead atoms. The monoisotopic (exact) mass is 1000 g/mol. The first kappa shape index (κ1) is 46.7. The molecular weight excluding hydrogens is 967 g/mol. The molecule has 14 atom stereocenters. The molecule has 34 nitrogen and oxygen atoms in total. The Bertz CT molecular complexity index is 3050. The van der Waals surface area contributed by atoms with Gasteiger partial charge in [-0.1, -0.05) is 0 Å². The zero-order valence-corrected chi connectivity index (χ0v) is 36.1. The quantitative estimate of drug-likeness (QED) is 0.0427. The summed E-state index contributed by atoms with van der Waals surface area (Å²) in [5.41, 5.74) is 16.6. The largest absolute Gasteiger partial charge is 0.472 e. The Morgan fingerprint density at radius 2 is 1.07 bits per heavy atom. The number of fused-ring (bicyclic) bond motifs is 3. The first-order chi connectivity index (χ1) is 31.8. The van der Waals surface area contributed by atoms with Crippen molar-refractivity contribution in [1.82, 2.24) is 58.6 Å². The van der Waals surface area contributed by atoms with E-state index in [2.05, 4.69) is 49.4 Å². The average molecular weight is 1000 g/mol. The molecule has 9 rings (SSSR count). The van der Waals surface area contributed by atoms with Gasteiger partial charge in [0.05, 0.1) is 38.8 Å². The zero-order valence-electron chi connectivity index (χ0n) is 33.4. The van der Waals surface area contributed by atoms with Crippen molar-refractivity contribution in [1.29, 1.82) is 0 Å². The molecule has 13 N–H and O–H groups in total. The van der Waals surface area contributed by atoms with Crippen LogP contribution in [0.25, 0.3) is 33.5 Å². The van der Waals surface area contributed by atoms with Gasteiger partial charge in [-0.05, 0) is 0 Å². The minimum Gasteiger partial charge on any atom is -0.387 e. The van der Waals surface area contributed by atoms with Crippen molar-refractivity contribution in [3.8, 4) is 0 Å². The molecule has 3 saturated heterocycles. The highest BCUT2D eigenvalue weighted by molar-refractivity contribution is 7.47. The van der Waals surface area contributed by atoms with Crippen molar-refractivity contribution in [2.75, 3.05) is 37.0 Å². The fraction of sp³-hybridized carbons (Fsp3) is 0.500. The fourth-order valence-corrected chi connectivity index (χ4v) is 9.80. The number of anilines is 3. The van der Waals surface area contributed by atoms with Gasteiger partial charge in [0.2, 0.25) is 5.95 Å². The number of aliphatic hydroxyl groups excluding tert-OH is 4. The van der Waals surface area contributed by atoms with Crippen molar-refractivity contribution in [2.24, 2.45) is 0 Å². The van der Waals surface area contributed by atoms with E-state index < -0.39 is 123 Å². The molecule has 0 radical (unpaired) electrons. The van der Waals surface area contributed by atoms with Crippen LogP contribution in [-0.2, 0) is 55.1 Å². The summed E-state index contributed by atoms with van der Waals surface area (Å²) in [7, 11) is -14.4. The number of hydrogen-bond acceptors (Lipinski definition) is 28. The van der Waals surface area contributed by atoms with Crippen LogP contribution in [0.15, 0.2) is 36.4 Å². The molecule has 0 spiro atoms. The number of nitrogens with one attached hydrogen (secondary N) is 1. The number of rotatable bonds is 16. The minimum absolute atomic E-state index is 0.00258. The summed E-state index contributed by atoms with van der Waals surface area (Å²) < 4.78 is 96.4. The van der Waals surface area contributed by atoms with Gasteiger partial charge in [0.25, 0.3) is 5.56 Å². The Balaban J connectivity index is 0.927. The number of aromatic nitrogens is 12. The van der Waals surface area contributed by atoms with Gasteiger partial charge in [-0.3, -0.25) is 46.1 Å². The normalized spacial score (nSPS) is 30.7. The van der Waals surface area contributed by atoms with Crippen LogP contribution < -0.4 is 22.8 Å². The number of nitrogens with zero attached hydrogens (tertiary/aromatic N) is 11. The number of hydrogen-bond donors (Lipinski definition) is 10. The zero-order chi connectivity index (χ0) is 47.7. The van der Waals surface area contributed by atoms with E-state index >= 15 is 0 Å². The van der Waals surface area contributed by atoms with Gasteiger partial charge in [-0.15, -0.1) is 0 Å². The highest BCUT2D eigenvalue weighted by Crippen LogP contribution is 2.52. The SMILES string of the molecule is Nc1nc2c(ncn2[C@@H]2O[C@H](COP(=O)=O)[C@@H](OP(=O)(O)OC[C@H]3O[C@@H](n4cnc5c(N)ncnc54)[C@H](O)[C@@H]3OP(=O)(O)OC[C@H]3O[C@@H](n4cnc5c(N)ncnc54)[C@H](O)[C@@H]3O)[C@H]2O)c(=O)[nH]1. The molecule has 2 unspecified atom stereocenters. The lowest BCUT2D eigenvalue weighted by Gasteiger charge is -2.25. The van der Waals surface area contributed by atoms with Crippen molar-refractivity contribution >= 4 is 74.6 Å². The molecule has 360 valence electrons. The molecule has 6 aromatic rings. The second kappa shape index (κ2) is 17.9. The second-order valence-electron chi connectivity index (χ2n) is 14.8. The summed E-state index contributed by atoms with van der Waals surface area (Å²) in [6, 6.07) is 0. The summed E-state index contributed by atoms with van der Waals surface area (Å²) in [5.74, 6) is -0.399. The molecule has 37 heteroatoms. The third-order valence-corrected chi connectivity index (χ3v) is 13.0. The maximum Gasteiger partial charge on any atom is 0.472 e. The van der Waals surface area contributed by atoms with Crippen LogP contribution in [0.4, 0.5) is 17.6 Å². The lowest BCUT2D eigenvalue weighted by Crippen LogP contribution is -2.37. The van der Waals surface area contributed by atoms with E-state index in [1.807, 2.05) is 0 Å². The fourth-order valence-electron chi connectivity index (χ4n) is 7.60. The van der Waals surface area contributed by atoms with Gasteiger partial charge in [-0.25, -0.2) is 53.1 Å². The Morgan fingerprint density at radius 3 is 1.60 bits per heavy atom. The summed E-state index contributed by atoms with van der Waals surface area (Å²) in [5, 5.41) is 44.6. The van der Waals surface area contributed by atoms with Gasteiger partial charge in [0.15, 0.2) is 52.8 Å². The first-order valence-corrected chi connectivity index (χ1v) is 23.2. The predicted molar refractivity (Wildman–Crippen MR) is 213 cm³/mol. The molecule has 67 heavy (non-hydrogen) atoms. The number of H-pyrrole nitrogens is 1. The number of nitrogen functional groups attached to an aromatic ring is 3. The summed E-state index contributed by atoms with van der Waals surface area (Å²) in [6.07, 6.45) is -15.1. The van der Waals surface area contributed by atoms with Crippen LogP contribution in [0.5, 0.6) is 0 Å². The number of imidazole rings is 3. The molecule has 3 aliphatic heterocycles. The summed E-state index contributed by atoms with van der Waals surface area (Å²) in [6.45, 7) is -2.88. The smallest absolute Gasteiger partial charge is 0.387 e. The summed E-state index contributed by atoms with van der Waals surface area (Å²) >= 11 is 0. The molecule has 0 aliphatic carbocycles. The Hall–Kier alpha value is -5.35. The second-order valence-corrected chi connectivity index (χ2v) is 18.3. The third-order valence-electron chi connectivity index (χ3n) is 10.7. The number of ether oxygens (including phenoxy) is 3. The average Bonchev–Trinajstić information content (AvgIpc) is 4.13. The van der Waals surface area contributed by atoms with Crippen LogP contribution in [0.2, 0.25) is 0 Å². The van der Waals surface area contributed by atoms with Crippen molar-refractivity contribution in [3.63, 3.8) is 0 Å². The van der Waals surface area contributed by atoms with E-state index in [4.69, 9.17) is 49.5 Å². The van der Waals surface area contributed by atoms with Crippen LogP contribution in [-0.4, -0.2) is 164 Å². The molecule has 0 aromatic carbocycles. The van der Waals surface area contributed by atoms with Crippen LogP contribution >= 0.6 is 23.6 Å². The van der Waals surface area contributed by atoms with Crippen molar-refractivity contribution < 1.29 is 85.3 Å². The van der Waals surface area contributed by atoms with E-state index in [-0.39, 0.29) is 51.1 Å². The van der Waals surface area contributed by atoms with E-state index in [9.17, 15) is 53.3 Å². The highest BCUT2D eigenvalue weighted by atomic mass is 31.2. The Labute approximate surface area is 370 Å².